The summed E-state index contributed by atoms with van der Waals surface area (Å²) in [5.41, 5.74) is 3.48. The van der Waals surface area contributed by atoms with E-state index in [0.717, 1.165) is 18.8 Å². The number of esters is 1. The van der Waals surface area contributed by atoms with E-state index in [1.165, 1.54) is 4.90 Å². The number of anilines is 2. The first-order valence-corrected chi connectivity index (χ1v) is 11.2. The molecule has 33 heavy (non-hydrogen) atoms. The van der Waals surface area contributed by atoms with Crippen molar-refractivity contribution in [2.75, 3.05) is 56.2 Å². The molecule has 2 amide bonds. The second-order valence-corrected chi connectivity index (χ2v) is 7.86. The van der Waals surface area contributed by atoms with Gasteiger partial charge in [-0.25, -0.2) is 4.79 Å². The highest BCUT2D eigenvalue weighted by Gasteiger charge is 2.26. The average molecular weight is 457 g/mol. The first-order valence-electron chi connectivity index (χ1n) is 11.2. The maximum atomic E-state index is 13.1. The number of rotatable bonds is 8. The van der Waals surface area contributed by atoms with Gasteiger partial charge in [-0.15, -0.1) is 0 Å². The number of nitrogens with zero attached hydrogens (tertiary/aromatic N) is 2. The quantitative estimate of drug-likeness (QED) is 0.592. The van der Waals surface area contributed by atoms with Gasteiger partial charge < -0.3 is 29.6 Å². The third-order valence-corrected chi connectivity index (χ3v) is 5.66. The minimum Gasteiger partial charge on any atom is -0.462 e. The fourth-order valence-electron chi connectivity index (χ4n) is 3.91. The number of hydrogen-bond acceptors (Lipinski definition) is 6. The van der Waals surface area contributed by atoms with Crippen molar-refractivity contribution in [2.24, 2.45) is 0 Å². The lowest BCUT2D eigenvalue weighted by Gasteiger charge is -2.29. The number of carbonyl (C=O) groups is 3. The number of nitrogens with one attached hydrogen (secondary N) is 2. The molecule has 2 heterocycles. The largest absolute Gasteiger partial charge is 0.462 e. The van der Waals surface area contributed by atoms with E-state index in [-0.39, 0.29) is 25.0 Å². The van der Waals surface area contributed by atoms with Crippen LogP contribution in [-0.4, -0.2) is 73.7 Å². The third-order valence-electron chi connectivity index (χ3n) is 5.66. The van der Waals surface area contributed by atoms with Crippen LogP contribution < -0.4 is 10.2 Å². The maximum absolute atomic E-state index is 13.1. The Morgan fingerprint density at radius 3 is 2.39 bits per heavy atom. The molecule has 3 rings (SSSR count). The van der Waals surface area contributed by atoms with Crippen LogP contribution in [0, 0.1) is 13.8 Å². The molecule has 0 aliphatic carbocycles. The molecular weight excluding hydrogens is 424 g/mol. The van der Waals surface area contributed by atoms with Crippen LogP contribution in [0.25, 0.3) is 0 Å². The monoisotopic (exact) mass is 456 g/mol. The van der Waals surface area contributed by atoms with Crippen LogP contribution in [-0.2, 0) is 14.3 Å². The van der Waals surface area contributed by atoms with Gasteiger partial charge in [0.25, 0.3) is 5.91 Å². The van der Waals surface area contributed by atoms with Crippen molar-refractivity contribution in [1.29, 1.82) is 0 Å². The van der Waals surface area contributed by atoms with Gasteiger partial charge >= 0.3 is 5.97 Å². The summed E-state index contributed by atoms with van der Waals surface area (Å²) in [5.74, 6) is -1.11. The normalized spacial score (nSPS) is 13.5. The molecule has 1 fully saturated rings. The highest BCUT2D eigenvalue weighted by molar-refractivity contribution is 6.02. The molecule has 1 aliphatic heterocycles. The Morgan fingerprint density at radius 1 is 1.12 bits per heavy atom. The van der Waals surface area contributed by atoms with E-state index >= 15 is 0 Å². The van der Waals surface area contributed by atoms with E-state index in [9.17, 15) is 14.4 Å². The molecule has 9 nitrogen and oxygen atoms in total. The number of benzene rings is 1. The number of likely N-dealkylation sites (N-methyl/N-ethyl adjacent to an activating group) is 1. The maximum Gasteiger partial charge on any atom is 0.340 e. The fraction of sp³-hybridized carbons (Fsp3) is 0.458. The first-order chi connectivity index (χ1) is 15.8. The van der Waals surface area contributed by atoms with Crippen LogP contribution >= 0.6 is 0 Å². The van der Waals surface area contributed by atoms with E-state index in [1.807, 2.05) is 24.3 Å². The molecule has 0 bridgehead atoms. The molecular formula is C24H32N4O5. The fourth-order valence-corrected chi connectivity index (χ4v) is 3.91. The Bertz CT molecular complexity index is 993. The lowest BCUT2D eigenvalue weighted by molar-refractivity contribution is -0.116. The van der Waals surface area contributed by atoms with Crippen molar-refractivity contribution in [3.63, 3.8) is 0 Å². The van der Waals surface area contributed by atoms with Crippen LogP contribution in [0.4, 0.5) is 11.4 Å². The zero-order valence-corrected chi connectivity index (χ0v) is 19.7. The Morgan fingerprint density at radius 2 is 1.79 bits per heavy atom. The van der Waals surface area contributed by atoms with Crippen molar-refractivity contribution in [3.05, 3.63) is 46.8 Å². The summed E-state index contributed by atoms with van der Waals surface area (Å²) in [6.07, 6.45) is 0. The smallest absolute Gasteiger partial charge is 0.340 e. The number of ether oxygens (including phenoxy) is 2. The molecule has 1 saturated heterocycles. The molecule has 0 spiro atoms. The minimum absolute atomic E-state index is 0.104. The van der Waals surface area contributed by atoms with Gasteiger partial charge in [0, 0.05) is 36.7 Å². The average Bonchev–Trinajstić information content (AvgIpc) is 3.12. The molecule has 1 aromatic heterocycles. The summed E-state index contributed by atoms with van der Waals surface area (Å²) in [5, 5.41) is 2.85. The number of aryl methyl sites for hydroxylation is 1. The highest BCUT2D eigenvalue weighted by atomic mass is 16.5. The zero-order chi connectivity index (χ0) is 24.0. The number of aromatic nitrogens is 1. The Balaban J connectivity index is 1.64. The van der Waals surface area contributed by atoms with E-state index in [2.05, 4.69) is 15.2 Å². The molecule has 1 aliphatic rings. The van der Waals surface area contributed by atoms with E-state index in [4.69, 9.17) is 9.47 Å². The topological polar surface area (TPSA) is 104 Å². The summed E-state index contributed by atoms with van der Waals surface area (Å²) in [4.78, 5) is 44.6. The van der Waals surface area contributed by atoms with Crippen molar-refractivity contribution < 1.29 is 23.9 Å². The van der Waals surface area contributed by atoms with Gasteiger partial charge in [0.1, 0.15) is 12.2 Å². The molecule has 2 N–H and O–H groups in total. The molecule has 0 unspecified atom stereocenters. The van der Waals surface area contributed by atoms with Crippen molar-refractivity contribution in [2.45, 2.75) is 27.7 Å². The molecule has 2 aromatic rings. The highest BCUT2D eigenvalue weighted by Crippen LogP contribution is 2.21. The van der Waals surface area contributed by atoms with E-state index < -0.39 is 5.97 Å². The predicted molar refractivity (Wildman–Crippen MR) is 126 cm³/mol. The summed E-state index contributed by atoms with van der Waals surface area (Å²) < 4.78 is 10.5. The molecule has 1 aromatic carbocycles. The Kier molecular flexibility index (Phi) is 8.11. The van der Waals surface area contributed by atoms with Gasteiger partial charge in [-0.2, -0.15) is 0 Å². The van der Waals surface area contributed by atoms with Crippen LogP contribution in [0.15, 0.2) is 24.3 Å². The number of carbonyl (C=O) groups excluding carboxylic acids is 3. The third kappa shape index (κ3) is 5.73. The van der Waals surface area contributed by atoms with Gasteiger partial charge in [-0.1, -0.05) is 0 Å². The minimum atomic E-state index is -0.468. The van der Waals surface area contributed by atoms with Gasteiger partial charge in [0.2, 0.25) is 5.91 Å². The number of morpholine rings is 1. The van der Waals surface area contributed by atoms with Crippen LogP contribution in [0.1, 0.15) is 46.0 Å². The molecule has 9 heteroatoms. The second-order valence-electron chi connectivity index (χ2n) is 7.86. The van der Waals surface area contributed by atoms with Crippen molar-refractivity contribution >= 4 is 29.2 Å². The predicted octanol–water partition coefficient (Wildman–Crippen LogP) is 2.75. The molecule has 0 atom stereocenters. The van der Waals surface area contributed by atoms with Crippen LogP contribution in [0.3, 0.4) is 0 Å². The van der Waals surface area contributed by atoms with E-state index in [1.54, 1.807) is 27.7 Å². The SMILES string of the molecule is CCOC(=O)c1c(C)[nH]c(C(=O)N(CC)CC(=O)Nc2ccc(N3CCOCC3)cc2)c1C. The Hall–Kier alpha value is -3.33. The second kappa shape index (κ2) is 11.0. The lowest BCUT2D eigenvalue weighted by Crippen LogP contribution is -2.38. The lowest BCUT2D eigenvalue weighted by atomic mass is 10.1. The summed E-state index contributed by atoms with van der Waals surface area (Å²) >= 11 is 0. The van der Waals surface area contributed by atoms with Gasteiger partial charge in [-0.3, -0.25) is 9.59 Å². The van der Waals surface area contributed by atoms with Crippen LogP contribution in [0.5, 0.6) is 0 Å². The van der Waals surface area contributed by atoms with Crippen LogP contribution in [0.2, 0.25) is 0 Å². The summed E-state index contributed by atoms with van der Waals surface area (Å²) in [6, 6.07) is 7.63. The molecule has 0 radical (unpaired) electrons. The van der Waals surface area contributed by atoms with Gasteiger partial charge in [0.05, 0.1) is 25.4 Å². The number of aromatic amines is 1. The Labute approximate surface area is 194 Å². The van der Waals surface area contributed by atoms with Gasteiger partial charge in [0.15, 0.2) is 0 Å². The number of H-pyrrole nitrogens is 1. The molecule has 0 saturated carbocycles. The summed E-state index contributed by atoms with van der Waals surface area (Å²) in [6.45, 7) is 10.5. The number of amides is 2. The van der Waals surface area contributed by atoms with Gasteiger partial charge in [-0.05, 0) is 57.5 Å². The zero-order valence-electron chi connectivity index (χ0n) is 19.7. The molecule has 178 valence electrons. The van der Waals surface area contributed by atoms with Crippen molar-refractivity contribution in [3.8, 4) is 0 Å². The van der Waals surface area contributed by atoms with E-state index in [0.29, 0.717) is 48.0 Å². The first kappa shape index (κ1) is 24.3. The van der Waals surface area contributed by atoms with Crippen molar-refractivity contribution in [1.82, 2.24) is 9.88 Å². The summed E-state index contributed by atoms with van der Waals surface area (Å²) in [7, 11) is 0. The standard InChI is InChI=1S/C24H32N4O5/c1-5-27(23(30)22-16(3)21(17(4)25-22)24(31)33-6-2)15-20(29)26-18-7-9-19(10-8-18)28-11-13-32-14-12-28/h7-10,25H,5-6,11-15H2,1-4H3,(H,26,29). The number of hydrogen-bond donors (Lipinski definition) is 2.